The molecular weight excluding hydrogens is 202 g/mol. The van der Waals surface area contributed by atoms with E-state index in [0.29, 0.717) is 5.39 Å². The summed E-state index contributed by atoms with van der Waals surface area (Å²) in [6.45, 7) is 0. The second kappa shape index (κ2) is 3.05. The van der Waals surface area contributed by atoms with Crippen LogP contribution in [0.15, 0.2) is 18.3 Å². The molecule has 0 fully saturated rings. The number of nitro groups is 1. The number of aromatic nitrogens is 2. The molecule has 0 aliphatic carbocycles. The summed E-state index contributed by atoms with van der Waals surface area (Å²) in [6.07, 6.45) is 1.34. The first-order chi connectivity index (χ1) is 7.09. The zero-order valence-electron chi connectivity index (χ0n) is 7.30. The first-order valence-corrected chi connectivity index (χ1v) is 3.94. The standard InChI is InChI=1S/C8H5N3O4/c12-8(13)6-2-5(11(14)15)1-4-3-9-10-7(4)6/h1-3H,(H,9,10)(H,12,13). The van der Waals surface area contributed by atoms with Crippen LogP contribution in [0.4, 0.5) is 5.69 Å². The van der Waals surface area contributed by atoms with Gasteiger partial charge in [-0.1, -0.05) is 0 Å². The average molecular weight is 207 g/mol. The molecule has 76 valence electrons. The largest absolute Gasteiger partial charge is 0.478 e. The van der Waals surface area contributed by atoms with Crippen molar-refractivity contribution in [1.82, 2.24) is 10.2 Å². The lowest BCUT2D eigenvalue weighted by Crippen LogP contribution is -1.99. The topological polar surface area (TPSA) is 109 Å². The Morgan fingerprint density at radius 3 is 2.87 bits per heavy atom. The number of carbonyl (C=O) groups is 1. The molecule has 15 heavy (non-hydrogen) atoms. The SMILES string of the molecule is O=C(O)c1cc([N+](=O)[O-])cc2cn[nH]c12. The predicted octanol–water partition coefficient (Wildman–Crippen LogP) is 1.17. The number of nitro benzene ring substituents is 1. The molecule has 1 heterocycles. The number of non-ortho nitro benzene ring substituents is 1. The Morgan fingerprint density at radius 2 is 2.27 bits per heavy atom. The van der Waals surface area contributed by atoms with Crippen molar-refractivity contribution in [2.24, 2.45) is 0 Å². The molecule has 0 unspecified atom stereocenters. The minimum Gasteiger partial charge on any atom is -0.478 e. The maximum atomic E-state index is 10.8. The number of aromatic amines is 1. The minimum absolute atomic E-state index is 0.156. The van der Waals surface area contributed by atoms with Crippen LogP contribution >= 0.6 is 0 Å². The van der Waals surface area contributed by atoms with Crippen LogP contribution in [0, 0.1) is 10.1 Å². The van der Waals surface area contributed by atoms with E-state index in [1.165, 1.54) is 12.3 Å². The van der Waals surface area contributed by atoms with Crippen LogP contribution in [0.1, 0.15) is 10.4 Å². The average Bonchev–Trinajstić information content (AvgIpc) is 2.62. The number of nitrogens with zero attached hydrogens (tertiary/aromatic N) is 2. The van der Waals surface area contributed by atoms with Crippen molar-refractivity contribution in [3.63, 3.8) is 0 Å². The summed E-state index contributed by atoms with van der Waals surface area (Å²) in [7, 11) is 0. The van der Waals surface area contributed by atoms with Gasteiger partial charge in [-0.25, -0.2) is 4.79 Å². The number of carboxylic acid groups (broad SMARTS) is 1. The zero-order valence-corrected chi connectivity index (χ0v) is 7.30. The zero-order chi connectivity index (χ0) is 11.0. The van der Waals surface area contributed by atoms with Crippen LogP contribution < -0.4 is 0 Å². The lowest BCUT2D eigenvalue weighted by molar-refractivity contribution is -0.384. The molecular formula is C8H5N3O4. The minimum atomic E-state index is -1.23. The van der Waals surface area contributed by atoms with Gasteiger partial charge in [-0.3, -0.25) is 15.2 Å². The number of rotatable bonds is 2. The summed E-state index contributed by atoms with van der Waals surface area (Å²) in [5.74, 6) is -1.23. The third-order valence-electron chi connectivity index (χ3n) is 1.97. The Bertz CT molecular complexity index is 560. The maximum absolute atomic E-state index is 10.8. The third-order valence-corrected chi connectivity index (χ3v) is 1.97. The molecule has 0 aliphatic rings. The number of hydrogen-bond donors (Lipinski definition) is 2. The Hall–Kier alpha value is -2.44. The van der Waals surface area contributed by atoms with Crippen molar-refractivity contribution in [3.05, 3.63) is 34.0 Å². The summed E-state index contributed by atoms with van der Waals surface area (Å²) < 4.78 is 0. The Kier molecular flexibility index (Phi) is 1.86. The van der Waals surface area contributed by atoms with Crippen LogP contribution in [-0.4, -0.2) is 26.2 Å². The highest BCUT2D eigenvalue weighted by Gasteiger charge is 2.16. The lowest BCUT2D eigenvalue weighted by atomic mass is 10.1. The van der Waals surface area contributed by atoms with Crippen LogP contribution in [0.25, 0.3) is 10.9 Å². The predicted molar refractivity (Wildman–Crippen MR) is 49.7 cm³/mol. The molecule has 2 N–H and O–H groups in total. The molecule has 7 nitrogen and oxygen atoms in total. The summed E-state index contributed by atoms with van der Waals surface area (Å²) in [6, 6.07) is 2.27. The molecule has 1 aromatic carbocycles. The van der Waals surface area contributed by atoms with Gasteiger partial charge in [0.2, 0.25) is 0 Å². The number of H-pyrrole nitrogens is 1. The van der Waals surface area contributed by atoms with E-state index in [1.54, 1.807) is 0 Å². The Morgan fingerprint density at radius 1 is 1.53 bits per heavy atom. The van der Waals surface area contributed by atoms with E-state index in [1.807, 2.05) is 0 Å². The first-order valence-electron chi connectivity index (χ1n) is 3.94. The highest BCUT2D eigenvalue weighted by Crippen LogP contribution is 2.23. The summed E-state index contributed by atoms with van der Waals surface area (Å²) in [5, 5.41) is 25.9. The van der Waals surface area contributed by atoms with E-state index in [2.05, 4.69) is 10.2 Å². The monoisotopic (exact) mass is 207 g/mol. The van der Waals surface area contributed by atoms with Crippen molar-refractivity contribution in [1.29, 1.82) is 0 Å². The second-order valence-corrected chi connectivity index (χ2v) is 2.89. The Balaban J connectivity index is 2.80. The first kappa shape index (κ1) is 9.13. The molecule has 0 saturated carbocycles. The van der Waals surface area contributed by atoms with Gasteiger partial charge >= 0.3 is 5.97 Å². The van der Waals surface area contributed by atoms with Crippen LogP contribution in [-0.2, 0) is 0 Å². The molecule has 1 aromatic heterocycles. The van der Waals surface area contributed by atoms with Crippen molar-refractivity contribution < 1.29 is 14.8 Å². The fraction of sp³-hybridized carbons (Fsp3) is 0. The number of nitrogens with one attached hydrogen (secondary N) is 1. The van der Waals surface area contributed by atoms with Gasteiger partial charge in [0.1, 0.15) is 0 Å². The van der Waals surface area contributed by atoms with E-state index < -0.39 is 10.9 Å². The third kappa shape index (κ3) is 1.39. The van der Waals surface area contributed by atoms with E-state index in [9.17, 15) is 14.9 Å². The van der Waals surface area contributed by atoms with Gasteiger partial charge in [-0.05, 0) is 0 Å². The Labute approximate surface area is 82.5 Å². The molecule has 2 aromatic rings. The van der Waals surface area contributed by atoms with Gasteiger partial charge in [-0.2, -0.15) is 5.10 Å². The fourth-order valence-electron chi connectivity index (χ4n) is 1.32. The van der Waals surface area contributed by atoms with Gasteiger partial charge < -0.3 is 5.11 Å². The molecule has 0 spiro atoms. The van der Waals surface area contributed by atoms with Crippen LogP contribution in [0.5, 0.6) is 0 Å². The second-order valence-electron chi connectivity index (χ2n) is 2.89. The smallest absolute Gasteiger partial charge is 0.338 e. The van der Waals surface area contributed by atoms with Crippen molar-refractivity contribution >= 4 is 22.6 Å². The molecule has 2 rings (SSSR count). The highest BCUT2D eigenvalue weighted by atomic mass is 16.6. The summed E-state index contributed by atoms with van der Waals surface area (Å²) >= 11 is 0. The van der Waals surface area contributed by atoms with Gasteiger partial charge in [-0.15, -0.1) is 0 Å². The molecule has 0 aliphatic heterocycles. The van der Waals surface area contributed by atoms with E-state index >= 15 is 0 Å². The number of carboxylic acids is 1. The fourth-order valence-corrected chi connectivity index (χ4v) is 1.32. The number of benzene rings is 1. The van der Waals surface area contributed by atoms with Crippen molar-refractivity contribution in [2.45, 2.75) is 0 Å². The van der Waals surface area contributed by atoms with Crippen LogP contribution in [0.2, 0.25) is 0 Å². The highest BCUT2D eigenvalue weighted by molar-refractivity contribution is 6.02. The van der Waals surface area contributed by atoms with E-state index in [0.717, 1.165) is 6.07 Å². The van der Waals surface area contributed by atoms with E-state index in [-0.39, 0.29) is 16.8 Å². The van der Waals surface area contributed by atoms with Gasteiger partial charge in [0.25, 0.3) is 5.69 Å². The summed E-state index contributed by atoms with van der Waals surface area (Å²) in [4.78, 5) is 20.7. The van der Waals surface area contributed by atoms with Crippen molar-refractivity contribution in [3.8, 4) is 0 Å². The molecule has 0 radical (unpaired) electrons. The normalized spacial score (nSPS) is 10.4. The number of aromatic carboxylic acids is 1. The van der Waals surface area contributed by atoms with E-state index in [4.69, 9.17) is 5.11 Å². The lowest BCUT2D eigenvalue weighted by Gasteiger charge is -1.97. The number of fused-ring (bicyclic) bond motifs is 1. The van der Waals surface area contributed by atoms with Crippen LogP contribution in [0.3, 0.4) is 0 Å². The number of hydrogen-bond acceptors (Lipinski definition) is 4. The maximum Gasteiger partial charge on any atom is 0.338 e. The summed E-state index contributed by atoms with van der Waals surface area (Å²) in [5.41, 5.74) is -0.133. The van der Waals surface area contributed by atoms with Crippen molar-refractivity contribution in [2.75, 3.05) is 0 Å². The molecule has 0 saturated heterocycles. The van der Waals surface area contributed by atoms with Gasteiger partial charge in [0.15, 0.2) is 0 Å². The molecule has 0 bridgehead atoms. The van der Waals surface area contributed by atoms with Gasteiger partial charge in [0, 0.05) is 17.5 Å². The molecule has 7 heteroatoms. The van der Waals surface area contributed by atoms with Gasteiger partial charge in [0.05, 0.1) is 22.2 Å². The molecule has 0 atom stereocenters. The molecule has 0 amide bonds. The quantitative estimate of drug-likeness (QED) is 0.567.